The van der Waals surface area contributed by atoms with E-state index in [0.29, 0.717) is 11.7 Å². The minimum absolute atomic E-state index is 0.624. The number of piperidine rings is 1. The quantitative estimate of drug-likeness (QED) is 0.654. The van der Waals surface area contributed by atoms with E-state index >= 15 is 0 Å². The lowest BCUT2D eigenvalue weighted by molar-refractivity contribution is 0.283. The lowest BCUT2D eigenvalue weighted by atomic mass is 9.91. The maximum Gasteiger partial charge on any atom is 0.141 e. The number of aryl methyl sites for hydroxylation is 3. The molecule has 1 atom stereocenters. The predicted molar refractivity (Wildman–Crippen MR) is 112 cm³/mol. The molecule has 0 amide bonds. The molecule has 0 bridgehead atoms. The van der Waals surface area contributed by atoms with Gasteiger partial charge in [-0.05, 0) is 50.7 Å². The third kappa shape index (κ3) is 3.53. The Labute approximate surface area is 168 Å². The molecule has 1 saturated heterocycles. The highest BCUT2D eigenvalue weighted by Crippen LogP contribution is 2.32. The normalized spacial score (nSPS) is 17.4. The number of aromatic nitrogens is 3. The number of hydrogen-bond acceptors (Lipinski definition) is 4. The van der Waals surface area contributed by atoms with Gasteiger partial charge in [0.15, 0.2) is 0 Å². The number of hydrogen-bond donors (Lipinski definition) is 0. The SMILES string of the molecule is CCS(=O)N1CCC(Cc2cn(C)c3ncc(-c4c(C)noc4C)cc23)CC1. The van der Waals surface area contributed by atoms with Crippen LogP contribution in [0.15, 0.2) is 23.0 Å². The molecule has 28 heavy (non-hydrogen) atoms. The summed E-state index contributed by atoms with van der Waals surface area (Å²) in [6.45, 7) is 7.76. The first-order valence-corrected chi connectivity index (χ1v) is 11.3. The standard InChI is InChI=1S/C21H28N4O2S/c1-5-28(26)25-8-6-16(7-9-25)10-18-13-24(4)21-19(18)11-17(12-22-21)20-14(2)23-27-15(20)3/h11-13,16H,5-10H2,1-4H3. The first kappa shape index (κ1) is 19.3. The summed E-state index contributed by atoms with van der Waals surface area (Å²) in [5, 5.41) is 5.29. The van der Waals surface area contributed by atoms with Crippen molar-refractivity contribution in [1.82, 2.24) is 19.0 Å². The Balaban J connectivity index is 1.60. The Kier molecular flexibility index (Phi) is 5.38. The van der Waals surface area contributed by atoms with E-state index in [0.717, 1.165) is 60.6 Å². The number of nitrogens with zero attached hydrogens (tertiary/aromatic N) is 4. The fourth-order valence-corrected chi connectivity index (χ4v) is 5.33. The van der Waals surface area contributed by atoms with Crippen LogP contribution in [-0.4, -0.2) is 42.1 Å². The number of fused-ring (bicyclic) bond motifs is 1. The second kappa shape index (κ2) is 7.79. The summed E-state index contributed by atoms with van der Waals surface area (Å²) in [4.78, 5) is 4.72. The van der Waals surface area contributed by atoms with Crippen molar-refractivity contribution in [2.24, 2.45) is 13.0 Å². The monoisotopic (exact) mass is 400 g/mol. The van der Waals surface area contributed by atoms with Gasteiger partial charge in [-0.1, -0.05) is 12.1 Å². The second-order valence-electron chi connectivity index (χ2n) is 7.75. The fourth-order valence-electron chi connectivity index (χ4n) is 4.34. The van der Waals surface area contributed by atoms with Crippen molar-refractivity contribution in [1.29, 1.82) is 0 Å². The summed E-state index contributed by atoms with van der Waals surface area (Å²) in [6.07, 6.45) is 7.36. The van der Waals surface area contributed by atoms with Gasteiger partial charge in [0.1, 0.15) is 11.4 Å². The lowest BCUT2D eigenvalue weighted by Crippen LogP contribution is -2.36. The molecule has 150 valence electrons. The Morgan fingerprint density at radius 1 is 1.29 bits per heavy atom. The van der Waals surface area contributed by atoms with Gasteiger partial charge in [-0.15, -0.1) is 0 Å². The van der Waals surface area contributed by atoms with Gasteiger partial charge >= 0.3 is 0 Å². The Morgan fingerprint density at radius 3 is 2.68 bits per heavy atom. The van der Waals surface area contributed by atoms with E-state index in [1.807, 2.05) is 27.0 Å². The van der Waals surface area contributed by atoms with Crippen LogP contribution < -0.4 is 0 Å². The highest BCUT2D eigenvalue weighted by molar-refractivity contribution is 7.82. The van der Waals surface area contributed by atoms with Gasteiger partial charge in [0, 0.05) is 54.8 Å². The summed E-state index contributed by atoms with van der Waals surface area (Å²) >= 11 is 0. The van der Waals surface area contributed by atoms with Crippen LogP contribution in [0.25, 0.3) is 22.2 Å². The van der Waals surface area contributed by atoms with Crippen LogP contribution in [0, 0.1) is 19.8 Å². The van der Waals surface area contributed by atoms with E-state index < -0.39 is 11.0 Å². The van der Waals surface area contributed by atoms with Crippen molar-refractivity contribution in [3.8, 4) is 11.1 Å². The average Bonchev–Trinajstić information content (AvgIpc) is 3.20. The molecule has 0 spiro atoms. The molecule has 4 rings (SSSR count). The molecule has 1 aliphatic rings. The Morgan fingerprint density at radius 2 is 2.04 bits per heavy atom. The van der Waals surface area contributed by atoms with Gasteiger partial charge in [-0.25, -0.2) is 13.5 Å². The first-order chi connectivity index (χ1) is 13.5. The van der Waals surface area contributed by atoms with Crippen molar-refractivity contribution in [3.05, 3.63) is 35.5 Å². The van der Waals surface area contributed by atoms with Crippen molar-refractivity contribution >= 4 is 22.0 Å². The van der Waals surface area contributed by atoms with Crippen LogP contribution in [0.3, 0.4) is 0 Å². The maximum atomic E-state index is 12.0. The van der Waals surface area contributed by atoms with Crippen LogP contribution in [0.5, 0.6) is 0 Å². The molecule has 3 aromatic rings. The number of pyridine rings is 1. The van der Waals surface area contributed by atoms with Gasteiger partial charge in [0.05, 0.1) is 16.7 Å². The fraction of sp³-hybridized carbons (Fsp3) is 0.524. The van der Waals surface area contributed by atoms with Crippen molar-refractivity contribution in [2.75, 3.05) is 18.8 Å². The maximum absolute atomic E-state index is 12.0. The highest BCUT2D eigenvalue weighted by Gasteiger charge is 2.24. The summed E-state index contributed by atoms with van der Waals surface area (Å²) in [7, 11) is 1.24. The van der Waals surface area contributed by atoms with E-state index in [9.17, 15) is 4.21 Å². The third-order valence-corrected chi connectivity index (χ3v) is 7.27. The Bertz CT molecular complexity index is 996. The van der Waals surface area contributed by atoms with Gasteiger partial charge in [-0.2, -0.15) is 0 Å². The van der Waals surface area contributed by atoms with Gasteiger partial charge < -0.3 is 9.09 Å². The largest absolute Gasteiger partial charge is 0.361 e. The molecule has 1 aliphatic heterocycles. The van der Waals surface area contributed by atoms with E-state index in [1.165, 1.54) is 10.9 Å². The average molecular weight is 401 g/mol. The zero-order chi connectivity index (χ0) is 19.8. The van der Waals surface area contributed by atoms with Crippen molar-refractivity contribution in [2.45, 2.75) is 40.0 Å². The smallest absolute Gasteiger partial charge is 0.141 e. The minimum Gasteiger partial charge on any atom is -0.361 e. The first-order valence-electron chi connectivity index (χ1n) is 9.98. The van der Waals surface area contributed by atoms with Gasteiger partial charge in [0.2, 0.25) is 0 Å². The van der Waals surface area contributed by atoms with E-state index in [4.69, 9.17) is 9.51 Å². The molecule has 7 heteroatoms. The molecule has 0 N–H and O–H groups in total. The molecular formula is C21H28N4O2S. The molecule has 1 fully saturated rings. The summed E-state index contributed by atoms with van der Waals surface area (Å²) < 4.78 is 21.6. The summed E-state index contributed by atoms with van der Waals surface area (Å²) in [5.74, 6) is 2.16. The Hall–Kier alpha value is -1.99. The van der Waals surface area contributed by atoms with Crippen LogP contribution >= 0.6 is 0 Å². The zero-order valence-electron chi connectivity index (χ0n) is 17.1. The zero-order valence-corrected chi connectivity index (χ0v) is 17.9. The topological polar surface area (TPSA) is 64.2 Å². The van der Waals surface area contributed by atoms with Crippen LogP contribution in [-0.2, 0) is 24.5 Å². The lowest BCUT2D eigenvalue weighted by Gasteiger charge is -2.30. The third-order valence-electron chi connectivity index (χ3n) is 5.84. The van der Waals surface area contributed by atoms with E-state index in [2.05, 4.69) is 33.3 Å². The molecule has 0 aromatic carbocycles. The minimum atomic E-state index is -0.813. The van der Waals surface area contributed by atoms with Crippen molar-refractivity contribution in [3.63, 3.8) is 0 Å². The molecule has 0 saturated carbocycles. The second-order valence-corrected chi connectivity index (χ2v) is 9.48. The number of rotatable bonds is 5. The molecule has 1 unspecified atom stereocenters. The molecule has 0 radical (unpaired) electrons. The van der Waals surface area contributed by atoms with Crippen LogP contribution in [0.1, 0.15) is 36.8 Å². The molecule has 0 aliphatic carbocycles. The summed E-state index contributed by atoms with van der Waals surface area (Å²) in [6, 6.07) is 2.23. The van der Waals surface area contributed by atoms with Gasteiger partial charge in [-0.3, -0.25) is 0 Å². The van der Waals surface area contributed by atoms with Crippen LogP contribution in [0.4, 0.5) is 0 Å². The predicted octanol–water partition coefficient (Wildman–Crippen LogP) is 3.78. The van der Waals surface area contributed by atoms with Crippen LogP contribution in [0.2, 0.25) is 0 Å². The van der Waals surface area contributed by atoms with Gasteiger partial charge in [0.25, 0.3) is 0 Å². The molecule has 6 nitrogen and oxygen atoms in total. The van der Waals surface area contributed by atoms with E-state index in [-0.39, 0.29) is 0 Å². The highest BCUT2D eigenvalue weighted by atomic mass is 32.2. The van der Waals surface area contributed by atoms with E-state index in [1.54, 1.807) is 0 Å². The molecule has 4 heterocycles. The summed E-state index contributed by atoms with van der Waals surface area (Å²) in [5.41, 5.74) is 5.35. The van der Waals surface area contributed by atoms with Crippen molar-refractivity contribution < 1.29 is 8.73 Å². The molecule has 3 aromatic heterocycles. The molecular weight excluding hydrogens is 372 g/mol.